The van der Waals surface area contributed by atoms with Crippen LogP contribution in [0.2, 0.25) is 0 Å². The van der Waals surface area contributed by atoms with Crippen LogP contribution >= 0.6 is 0 Å². The SMILES string of the molecule is COc1cc(C(=N)c2cc(C(=O)NC(c3ccccc3)C3CC3)ccc2N)ccc1OC1CCN(C)CC1. The van der Waals surface area contributed by atoms with Crippen LogP contribution in [0.25, 0.3) is 0 Å². The first-order chi connectivity index (χ1) is 18.4. The molecule has 1 aliphatic carbocycles. The van der Waals surface area contributed by atoms with E-state index in [1.165, 1.54) is 0 Å². The Morgan fingerprint density at radius 3 is 2.37 bits per heavy atom. The van der Waals surface area contributed by atoms with Crippen LogP contribution < -0.4 is 20.5 Å². The van der Waals surface area contributed by atoms with Crippen molar-refractivity contribution in [3.63, 3.8) is 0 Å². The number of hydrogen-bond donors (Lipinski definition) is 3. The summed E-state index contributed by atoms with van der Waals surface area (Å²) in [5, 5.41) is 12.1. The number of nitrogens with one attached hydrogen (secondary N) is 2. The highest BCUT2D eigenvalue weighted by Gasteiger charge is 2.33. The van der Waals surface area contributed by atoms with Gasteiger partial charge in [-0.3, -0.25) is 10.2 Å². The van der Waals surface area contributed by atoms with Crippen molar-refractivity contribution >= 4 is 17.3 Å². The van der Waals surface area contributed by atoms with E-state index in [2.05, 4.69) is 29.4 Å². The lowest BCUT2D eigenvalue weighted by Gasteiger charge is -2.29. The Morgan fingerprint density at radius 2 is 1.68 bits per heavy atom. The second kappa shape index (κ2) is 11.3. The van der Waals surface area contributed by atoms with Crippen molar-refractivity contribution in [3.8, 4) is 11.5 Å². The number of anilines is 1. The van der Waals surface area contributed by atoms with Crippen LogP contribution in [0.3, 0.4) is 0 Å². The van der Waals surface area contributed by atoms with E-state index in [9.17, 15) is 4.79 Å². The molecule has 3 aromatic rings. The maximum atomic E-state index is 13.3. The number of rotatable bonds is 9. The molecular weight excluding hydrogens is 476 g/mol. The third kappa shape index (κ3) is 5.83. The number of likely N-dealkylation sites (tertiary alicyclic amines) is 1. The van der Waals surface area contributed by atoms with E-state index < -0.39 is 0 Å². The van der Waals surface area contributed by atoms with Gasteiger partial charge in [0.15, 0.2) is 11.5 Å². The summed E-state index contributed by atoms with van der Waals surface area (Å²) in [4.78, 5) is 15.6. The monoisotopic (exact) mass is 512 g/mol. The fraction of sp³-hybridized carbons (Fsp3) is 0.355. The minimum atomic E-state index is -0.167. The molecule has 198 valence electrons. The summed E-state index contributed by atoms with van der Waals surface area (Å²) in [5.41, 5.74) is 9.69. The van der Waals surface area contributed by atoms with Gasteiger partial charge in [0.1, 0.15) is 6.10 Å². The number of methoxy groups -OCH3 is 1. The number of hydrogen-bond acceptors (Lipinski definition) is 6. The number of carbonyl (C=O) groups excluding carboxylic acids is 1. The summed E-state index contributed by atoms with van der Waals surface area (Å²) < 4.78 is 11.9. The predicted octanol–water partition coefficient (Wildman–Crippen LogP) is 5.05. The average molecular weight is 513 g/mol. The highest BCUT2D eigenvalue weighted by atomic mass is 16.5. The molecule has 1 amide bonds. The normalized spacial score (nSPS) is 17.0. The quantitative estimate of drug-likeness (QED) is 0.275. The van der Waals surface area contributed by atoms with Crippen molar-refractivity contribution in [2.75, 3.05) is 33.0 Å². The zero-order chi connectivity index (χ0) is 26.6. The average Bonchev–Trinajstić information content (AvgIpc) is 3.79. The van der Waals surface area contributed by atoms with Crippen LogP contribution in [0, 0.1) is 11.3 Å². The van der Waals surface area contributed by atoms with Crippen LogP contribution in [0.4, 0.5) is 5.69 Å². The molecule has 1 aliphatic heterocycles. The van der Waals surface area contributed by atoms with Crippen LogP contribution in [-0.4, -0.2) is 49.9 Å². The van der Waals surface area contributed by atoms with E-state index >= 15 is 0 Å². The van der Waals surface area contributed by atoms with E-state index in [-0.39, 0.29) is 23.8 Å². The summed E-state index contributed by atoms with van der Waals surface area (Å²) in [7, 11) is 3.73. The Kier molecular flexibility index (Phi) is 7.65. The van der Waals surface area contributed by atoms with Crippen LogP contribution in [0.5, 0.6) is 11.5 Å². The first-order valence-corrected chi connectivity index (χ1v) is 13.3. The molecule has 7 nitrogen and oxygen atoms in total. The minimum Gasteiger partial charge on any atom is -0.493 e. The van der Waals surface area contributed by atoms with Gasteiger partial charge in [-0.2, -0.15) is 0 Å². The molecule has 3 aromatic carbocycles. The van der Waals surface area contributed by atoms with Gasteiger partial charge >= 0.3 is 0 Å². The van der Waals surface area contributed by atoms with Gasteiger partial charge in [0.25, 0.3) is 5.91 Å². The van der Waals surface area contributed by atoms with Crippen molar-refractivity contribution < 1.29 is 14.3 Å². The summed E-state index contributed by atoms with van der Waals surface area (Å²) in [6.45, 7) is 2.01. The molecule has 0 spiro atoms. The van der Waals surface area contributed by atoms with Crippen molar-refractivity contribution in [1.29, 1.82) is 5.41 Å². The fourth-order valence-corrected chi connectivity index (χ4v) is 5.06. The number of nitrogens with zero attached hydrogens (tertiary/aromatic N) is 1. The lowest BCUT2D eigenvalue weighted by molar-refractivity contribution is 0.0931. The van der Waals surface area contributed by atoms with E-state index in [1.807, 2.05) is 30.3 Å². The zero-order valence-corrected chi connectivity index (χ0v) is 22.1. The second-order valence-corrected chi connectivity index (χ2v) is 10.4. The fourth-order valence-electron chi connectivity index (χ4n) is 5.06. The number of nitrogens with two attached hydrogens (primary N) is 1. The van der Waals surface area contributed by atoms with Gasteiger partial charge < -0.3 is 25.4 Å². The molecule has 1 unspecified atom stereocenters. The number of carbonyl (C=O) groups is 1. The first-order valence-electron chi connectivity index (χ1n) is 13.3. The molecule has 0 radical (unpaired) electrons. The van der Waals surface area contributed by atoms with Crippen LogP contribution in [-0.2, 0) is 0 Å². The molecule has 4 N–H and O–H groups in total. The summed E-state index contributed by atoms with van der Waals surface area (Å²) in [6.07, 6.45) is 4.29. The molecule has 0 bridgehead atoms. The molecule has 1 saturated carbocycles. The molecular formula is C31H36N4O3. The summed E-state index contributed by atoms with van der Waals surface area (Å²) >= 11 is 0. The summed E-state index contributed by atoms with van der Waals surface area (Å²) in [5.74, 6) is 1.54. The molecule has 1 heterocycles. The number of amides is 1. The van der Waals surface area contributed by atoms with E-state index in [1.54, 1.807) is 31.4 Å². The van der Waals surface area contributed by atoms with Crippen molar-refractivity contribution in [1.82, 2.24) is 10.2 Å². The Labute approximate surface area is 224 Å². The number of piperidine rings is 1. The smallest absolute Gasteiger partial charge is 0.251 e. The molecule has 38 heavy (non-hydrogen) atoms. The maximum absolute atomic E-state index is 13.3. The predicted molar refractivity (Wildman–Crippen MR) is 150 cm³/mol. The number of benzene rings is 3. The maximum Gasteiger partial charge on any atom is 0.251 e. The van der Waals surface area contributed by atoms with Crippen molar-refractivity contribution in [2.24, 2.45) is 5.92 Å². The first kappa shape index (κ1) is 25.8. The van der Waals surface area contributed by atoms with Crippen molar-refractivity contribution in [2.45, 2.75) is 37.8 Å². The molecule has 2 aliphatic rings. The second-order valence-electron chi connectivity index (χ2n) is 10.4. The van der Waals surface area contributed by atoms with Crippen molar-refractivity contribution in [3.05, 3.63) is 89.0 Å². The highest BCUT2D eigenvalue weighted by molar-refractivity contribution is 6.15. The number of ether oxygens (including phenoxy) is 2. The highest BCUT2D eigenvalue weighted by Crippen LogP contribution is 2.41. The van der Waals surface area contributed by atoms with Gasteiger partial charge in [-0.1, -0.05) is 30.3 Å². The largest absolute Gasteiger partial charge is 0.493 e. The topological polar surface area (TPSA) is 101 Å². The third-order valence-electron chi connectivity index (χ3n) is 7.54. The Hall–Kier alpha value is -3.84. The zero-order valence-electron chi connectivity index (χ0n) is 22.1. The molecule has 5 rings (SSSR count). The third-order valence-corrected chi connectivity index (χ3v) is 7.54. The van der Waals surface area contributed by atoms with Gasteiger partial charge in [-0.05, 0) is 80.6 Å². The van der Waals surface area contributed by atoms with Crippen LogP contribution in [0.15, 0.2) is 66.7 Å². The van der Waals surface area contributed by atoms with Gasteiger partial charge in [0.05, 0.1) is 18.9 Å². The molecule has 1 atom stereocenters. The standard InChI is InChI=1S/C31H36N4O3/c1-35-16-14-24(15-17-35)38-27-13-11-22(19-28(27)37-2)29(33)25-18-23(10-12-26(25)32)31(36)34-30(21-8-9-21)20-6-4-3-5-7-20/h3-7,10-13,18-19,21,24,30,33H,8-9,14-17,32H2,1-2H3,(H,34,36). The van der Waals surface area contributed by atoms with E-state index in [4.69, 9.17) is 20.6 Å². The summed E-state index contributed by atoms with van der Waals surface area (Å²) in [6, 6.07) is 20.7. The van der Waals surface area contributed by atoms with Gasteiger partial charge in [0.2, 0.25) is 0 Å². The Bertz CT molecular complexity index is 1300. The molecule has 2 fully saturated rings. The number of nitrogen functional groups attached to an aromatic ring is 1. The van der Waals surface area contributed by atoms with Gasteiger partial charge in [-0.25, -0.2) is 0 Å². The molecule has 7 heteroatoms. The van der Waals surface area contributed by atoms with Gasteiger partial charge in [0, 0.05) is 35.5 Å². The van der Waals surface area contributed by atoms with Gasteiger partial charge in [-0.15, -0.1) is 0 Å². The van der Waals surface area contributed by atoms with Crippen LogP contribution in [0.1, 0.15) is 58.8 Å². The van der Waals surface area contributed by atoms with E-state index in [0.717, 1.165) is 44.3 Å². The Morgan fingerprint density at radius 1 is 0.974 bits per heavy atom. The minimum absolute atomic E-state index is 0.0227. The molecule has 1 saturated heterocycles. The molecule has 0 aromatic heterocycles. The van der Waals surface area contributed by atoms with E-state index in [0.29, 0.717) is 39.8 Å². The lowest BCUT2D eigenvalue weighted by Crippen LogP contribution is -2.35. The Balaban J connectivity index is 1.33. The lowest BCUT2D eigenvalue weighted by atomic mass is 9.97.